The van der Waals surface area contributed by atoms with Crippen LogP contribution < -0.4 is 11.2 Å². The van der Waals surface area contributed by atoms with Gasteiger partial charge in [-0.05, 0) is 31.2 Å². The van der Waals surface area contributed by atoms with Gasteiger partial charge < -0.3 is 15.7 Å². The van der Waals surface area contributed by atoms with Crippen LogP contribution in [0.3, 0.4) is 0 Å². The molecular weight excluding hydrogens is 198 g/mol. The largest absolute Gasteiger partial charge is 0.398 e. The summed E-state index contributed by atoms with van der Waals surface area (Å²) in [4.78, 5) is 6.67. The van der Waals surface area contributed by atoms with E-state index in [1.54, 1.807) is 0 Å². The second-order valence-corrected chi connectivity index (χ2v) is 3.88. The van der Waals surface area contributed by atoms with Crippen LogP contribution in [0.1, 0.15) is 6.92 Å². The number of nitrogens with two attached hydrogens (primary N) is 1. The summed E-state index contributed by atoms with van der Waals surface area (Å²) in [6.07, 6.45) is 2.01. The molecule has 3 heteroatoms. The molecule has 0 unspecified atom stereocenters. The van der Waals surface area contributed by atoms with Crippen LogP contribution in [-0.2, 0) is 0 Å². The molecule has 80 valence electrons. The van der Waals surface area contributed by atoms with Crippen molar-refractivity contribution in [1.82, 2.24) is 9.97 Å². The Labute approximate surface area is 92.6 Å². The summed E-state index contributed by atoms with van der Waals surface area (Å²) in [6, 6.07) is 10.1. The highest BCUT2D eigenvalue weighted by molar-refractivity contribution is 6.11. The van der Waals surface area contributed by atoms with Crippen LogP contribution in [-0.4, -0.2) is 9.97 Å². The van der Waals surface area contributed by atoms with Gasteiger partial charge in [0.15, 0.2) is 0 Å². The van der Waals surface area contributed by atoms with E-state index < -0.39 is 0 Å². The van der Waals surface area contributed by atoms with Crippen molar-refractivity contribution in [3.05, 3.63) is 35.8 Å². The zero-order chi connectivity index (χ0) is 11.1. The van der Waals surface area contributed by atoms with Crippen LogP contribution in [0.15, 0.2) is 30.3 Å². The molecule has 2 aromatic carbocycles. The van der Waals surface area contributed by atoms with E-state index in [-0.39, 0.29) is 0 Å². The predicted octanol–water partition coefficient (Wildman–Crippen LogP) is 2.31. The zero-order valence-electron chi connectivity index (χ0n) is 9.04. The fourth-order valence-electron chi connectivity index (χ4n) is 2.10. The molecule has 4 N–H and O–H groups in total. The molecule has 0 radical (unpaired) electrons. The van der Waals surface area contributed by atoms with E-state index in [0.29, 0.717) is 0 Å². The number of aromatic nitrogens is 2. The van der Waals surface area contributed by atoms with Crippen molar-refractivity contribution in [2.75, 3.05) is 5.73 Å². The maximum Gasteiger partial charge on any atom is 0.103 e. The molecule has 0 bridgehead atoms. The number of rotatable bonds is 0. The molecule has 0 aliphatic rings. The fraction of sp³-hybridized carbons (Fsp3) is 0.0769. The lowest BCUT2D eigenvalue weighted by Gasteiger charge is -2.08. The lowest BCUT2D eigenvalue weighted by atomic mass is 10.1. The monoisotopic (exact) mass is 211 g/mol. The quantitative estimate of drug-likeness (QED) is 0.491. The van der Waals surface area contributed by atoms with Crippen LogP contribution in [0.2, 0.25) is 0 Å². The average molecular weight is 211 g/mol. The average Bonchev–Trinajstić information content (AvgIpc) is 2.33. The molecule has 0 amide bonds. The minimum atomic E-state index is 0.813. The lowest BCUT2D eigenvalue weighted by Crippen LogP contribution is -2.11. The highest BCUT2D eigenvalue weighted by atomic mass is 14.8. The van der Waals surface area contributed by atoms with Crippen LogP contribution in [0.25, 0.3) is 27.9 Å². The van der Waals surface area contributed by atoms with Gasteiger partial charge in [-0.3, -0.25) is 0 Å². The van der Waals surface area contributed by atoms with Crippen molar-refractivity contribution in [3.63, 3.8) is 0 Å². The van der Waals surface area contributed by atoms with Crippen LogP contribution >= 0.6 is 0 Å². The molecule has 1 heterocycles. The molecule has 3 rings (SSSR count). The molecule has 0 saturated carbocycles. The van der Waals surface area contributed by atoms with Crippen LogP contribution in [0.4, 0.5) is 5.69 Å². The number of anilines is 1. The third-order valence-electron chi connectivity index (χ3n) is 2.90. The number of nitrogen functional groups attached to an aromatic ring is 1. The van der Waals surface area contributed by atoms with E-state index in [1.165, 1.54) is 0 Å². The van der Waals surface area contributed by atoms with Gasteiger partial charge in [-0.2, -0.15) is 0 Å². The normalized spacial score (nSPS) is 12.7. The van der Waals surface area contributed by atoms with Gasteiger partial charge in [-0.15, -0.1) is 0 Å². The van der Waals surface area contributed by atoms with Gasteiger partial charge in [0, 0.05) is 27.5 Å². The van der Waals surface area contributed by atoms with Gasteiger partial charge in [0.1, 0.15) is 5.48 Å². The zero-order valence-corrected chi connectivity index (χ0v) is 9.04. The molecule has 0 saturated heterocycles. The maximum atomic E-state index is 5.97. The van der Waals surface area contributed by atoms with Crippen molar-refractivity contribution >= 4 is 33.6 Å². The number of aromatic amines is 2. The first-order valence-corrected chi connectivity index (χ1v) is 5.31. The molecule has 1 aromatic heterocycles. The predicted molar refractivity (Wildman–Crippen MR) is 68.7 cm³/mol. The SMILES string of the molecule is C/C=c1\[nH]c2cccc3c(N)ccc([nH]1)c23. The molecule has 0 atom stereocenters. The number of hydrogen-bond acceptors (Lipinski definition) is 1. The van der Waals surface area contributed by atoms with Gasteiger partial charge >= 0.3 is 0 Å². The Balaban J connectivity index is 2.67. The Morgan fingerprint density at radius 3 is 2.56 bits per heavy atom. The number of hydrogen-bond donors (Lipinski definition) is 3. The number of H-pyrrole nitrogens is 2. The summed E-state index contributed by atoms with van der Waals surface area (Å²) in [7, 11) is 0. The van der Waals surface area contributed by atoms with E-state index in [0.717, 1.165) is 33.0 Å². The van der Waals surface area contributed by atoms with Crippen molar-refractivity contribution in [2.24, 2.45) is 0 Å². The van der Waals surface area contributed by atoms with E-state index in [4.69, 9.17) is 5.73 Å². The van der Waals surface area contributed by atoms with E-state index in [1.807, 2.05) is 37.3 Å². The first-order chi connectivity index (χ1) is 7.79. The molecule has 0 aliphatic carbocycles. The maximum absolute atomic E-state index is 5.97. The Bertz CT molecular complexity index is 710. The third-order valence-corrected chi connectivity index (χ3v) is 2.90. The summed E-state index contributed by atoms with van der Waals surface area (Å²) < 4.78 is 0. The van der Waals surface area contributed by atoms with Crippen molar-refractivity contribution < 1.29 is 0 Å². The summed E-state index contributed by atoms with van der Waals surface area (Å²) in [5.74, 6) is 0. The van der Waals surface area contributed by atoms with E-state index in [2.05, 4.69) is 16.0 Å². The van der Waals surface area contributed by atoms with Crippen molar-refractivity contribution in [3.8, 4) is 0 Å². The molecule has 0 spiro atoms. The Hall–Kier alpha value is -2.16. The van der Waals surface area contributed by atoms with E-state index >= 15 is 0 Å². The molecular formula is C13H13N3. The van der Waals surface area contributed by atoms with Gasteiger partial charge in [0.2, 0.25) is 0 Å². The minimum absolute atomic E-state index is 0.813. The Morgan fingerprint density at radius 1 is 1.06 bits per heavy atom. The smallest absolute Gasteiger partial charge is 0.103 e. The van der Waals surface area contributed by atoms with Gasteiger partial charge in [-0.1, -0.05) is 12.1 Å². The van der Waals surface area contributed by atoms with Gasteiger partial charge in [0.05, 0.1) is 0 Å². The molecule has 16 heavy (non-hydrogen) atoms. The van der Waals surface area contributed by atoms with Gasteiger partial charge in [-0.25, -0.2) is 0 Å². The number of nitrogens with one attached hydrogen (secondary N) is 2. The van der Waals surface area contributed by atoms with Gasteiger partial charge in [0.25, 0.3) is 0 Å². The Morgan fingerprint density at radius 2 is 1.81 bits per heavy atom. The summed E-state index contributed by atoms with van der Waals surface area (Å²) in [5.41, 5.74) is 9.99. The Kier molecular flexibility index (Phi) is 1.80. The first kappa shape index (κ1) is 9.09. The number of benzene rings is 2. The highest BCUT2D eigenvalue weighted by Gasteiger charge is 2.04. The van der Waals surface area contributed by atoms with E-state index in [9.17, 15) is 0 Å². The standard InChI is InChI=1S/C13H13N3/c1-2-12-15-10-5-3-4-8-9(14)6-7-11(16-12)13(8)10/h2-7,15-16H,14H2,1H3/b12-2+. The second-order valence-electron chi connectivity index (χ2n) is 3.88. The third kappa shape index (κ3) is 1.15. The van der Waals surface area contributed by atoms with Crippen LogP contribution in [0, 0.1) is 0 Å². The highest BCUT2D eigenvalue weighted by Crippen LogP contribution is 2.27. The molecule has 0 aliphatic heterocycles. The first-order valence-electron chi connectivity index (χ1n) is 5.31. The summed E-state index contributed by atoms with van der Waals surface area (Å²) in [6.45, 7) is 2.00. The minimum Gasteiger partial charge on any atom is -0.398 e. The fourth-order valence-corrected chi connectivity index (χ4v) is 2.10. The van der Waals surface area contributed by atoms with Crippen molar-refractivity contribution in [2.45, 2.75) is 6.92 Å². The summed E-state index contributed by atoms with van der Waals surface area (Å²) >= 11 is 0. The second kappa shape index (κ2) is 3.17. The van der Waals surface area contributed by atoms with Crippen LogP contribution in [0.5, 0.6) is 0 Å². The summed E-state index contributed by atoms with van der Waals surface area (Å²) in [5, 5.41) is 2.25. The molecule has 3 nitrogen and oxygen atoms in total. The van der Waals surface area contributed by atoms with Crippen molar-refractivity contribution in [1.29, 1.82) is 0 Å². The lowest BCUT2D eigenvalue weighted by molar-refractivity contribution is 1.16. The molecule has 3 aromatic rings. The topological polar surface area (TPSA) is 57.6 Å². The molecule has 0 fully saturated rings.